The maximum atomic E-state index is 4.35. The number of thiophene rings is 1. The minimum Gasteiger partial charge on any atom is -0.355 e. The standard InChI is InChI=1S/C11H10Br2N2S/c1-15(6-10-4-9(13)7-16-10)11-3-2-8(12)5-14-11/h2-5,7H,6H2,1H3. The molecule has 2 aromatic heterocycles. The summed E-state index contributed by atoms with van der Waals surface area (Å²) in [5.74, 6) is 0.979. The van der Waals surface area contributed by atoms with Gasteiger partial charge >= 0.3 is 0 Å². The maximum absolute atomic E-state index is 4.35. The molecule has 0 N–H and O–H groups in total. The zero-order chi connectivity index (χ0) is 11.5. The van der Waals surface area contributed by atoms with Crippen LogP contribution in [0.15, 0.2) is 38.7 Å². The van der Waals surface area contributed by atoms with Gasteiger partial charge in [0.05, 0.1) is 6.54 Å². The molecule has 2 rings (SSSR count). The van der Waals surface area contributed by atoms with Crippen LogP contribution in [0.1, 0.15) is 4.88 Å². The Morgan fingerprint density at radius 3 is 2.69 bits per heavy atom. The number of nitrogens with zero attached hydrogens (tertiary/aromatic N) is 2. The van der Waals surface area contributed by atoms with E-state index in [-0.39, 0.29) is 0 Å². The van der Waals surface area contributed by atoms with Gasteiger partial charge in [0.1, 0.15) is 5.82 Å². The third-order valence-corrected chi connectivity index (χ3v) is 4.27. The average molecular weight is 362 g/mol. The van der Waals surface area contributed by atoms with E-state index in [1.165, 1.54) is 4.88 Å². The molecule has 0 spiro atoms. The van der Waals surface area contributed by atoms with Gasteiger partial charge in [-0.3, -0.25) is 0 Å². The molecule has 0 bridgehead atoms. The molecule has 2 heterocycles. The largest absolute Gasteiger partial charge is 0.355 e. The third-order valence-electron chi connectivity index (χ3n) is 2.12. The highest BCUT2D eigenvalue weighted by Crippen LogP contribution is 2.22. The number of pyridine rings is 1. The lowest BCUT2D eigenvalue weighted by Gasteiger charge is -2.16. The Balaban J connectivity index is 2.08. The zero-order valence-corrected chi connectivity index (χ0v) is 12.6. The molecule has 0 aliphatic heterocycles. The fraction of sp³-hybridized carbons (Fsp3) is 0.182. The SMILES string of the molecule is CN(Cc1cc(Br)cs1)c1ccc(Br)cn1. The lowest BCUT2D eigenvalue weighted by molar-refractivity contribution is 0.911. The van der Waals surface area contributed by atoms with Crippen molar-refractivity contribution < 1.29 is 0 Å². The Bertz CT molecular complexity index is 467. The van der Waals surface area contributed by atoms with Crippen LogP contribution in [0.25, 0.3) is 0 Å². The number of rotatable bonds is 3. The first-order valence-corrected chi connectivity index (χ1v) is 7.17. The van der Waals surface area contributed by atoms with Crippen LogP contribution in [0.5, 0.6) is 0 Å². The lowest BCUT2D eigenvalue weighted by atomic mass is 10.4. The first kappa shape index (κ1) is 12.1. The van der Waals surface area contributed by atoms with Crippen molar-refractivity contribution in [2.24, 2.45) is 0 Å². The van der Waals surface area contributed by atoms with E-state index in [4.69, 9.17) is 0 Å². The van der Waals surface area contributed by atoms with Crippen molar-refractivity contribution in [3.63, 3.8) is 0 Å². The van der Waals surface area contributed by atoms with Crippen molar-refractivity contribution >= 4 is 49.0 Å². The van der Waals surface area contributed by atoms with Crippen molar-refractivity contribution in [3.8, 4) is 0 Å². The van der Waals surface area contributed by atoms with Gasteiger partial charge in [0.25, 0.3) is 0 Å². The molecule has 2 aromatic rings. The monoisotopic (exact) mass is 360 g/mol. The van der Waals surface area contributed by atoms with Crippen LogP contribution < -0.4 is 4.90 Å². The minimum absolute atomic E-state index is 0.880. The molecular formula is C11H10Br2N2S. The minimum atomic E-state index is 0.880. The fourth-order valence-corrected chi connectivity index (χ4v) is 3.08. The van der Waals surface area contributed by atoms with E-state index in [1.807, 2.05) is 25.4 Å². The quantitative estimate of drug-likeness (QED) is 0.809. The zero-order valence-electron chi connectivity index (χ0n) is 8.65. The van der Waals surface area contributed by atoms with Crippen molar-refractivity contribution in [1.29, 1.82) is 0 Å². The van der Waals surface area contributed by atoms with Crippen molar-refractivity contribution in [2.75, 3.05) is 11.9 Å². The topological polar surface area (TPSA) is 16.1 Å². The number of hydrogen-bond acceptors (Lipinski definition) is 3. The number of aromatic nitrogens is 1. The molecule has 0 aromatic carbocycles. The highest BCUT2D eigenvalue weighted by molar-refractivity contribution is 9.10. The summed E-state index contributed by atoms with van der Waals surface area (Å²) in [7, 11) is 2.05. The highest BCUT2D eigenvalue weighted by Gasteiger charge is 2.05. The molecule has 5 heteroatoms. The van der Waals surface area contributed by atoms with Crippen molar-refractivity contribution in [1.82, 2.24) is 4.98 Å². The van der Waals surface area contributed by atoms with E-state index >= 15 is 0 Å². The summed E-state index contributed by atoms with van der Waals surface area (Å²) in [4.78, 5) is 7.80. The molecule has 0 unspecified atom stereocenters. The molecule has 16 heavy (non-hydrogen) atoms. The summed E-state index contributed by atoms with van der Waals surface area (Å²) in [5.41, 5.74) is 0. The molecule has 0 fully saturated rings. The normalized spacial score (nSPS) is 10.4. The van der Waals surface area contributed by atoms with Gasteiger partial charge in [-0.2, -0.15) is 0 Å². The number of halogens is 2. The number of anilines is 1. The van der Waals surface area contributed by atoms with Gasteiger partial charge in [-0.05, 0) is 50.1 Å². The van der Waals surface area contributed by atoms with Crippen LogP contribution in [0, 0.1) is 0 Å². The van der Waals surface area contributed by atoms with E-state index in [1.54, 1.807) is 11.3 Å². The van der Waals surface area contributed by atoms with E-state index in [2.05, 4.69) is 53.2 Å². The summed E-state index contributed by atoms with van der Waals surface area (Å²) in [6, 6.07) is 6.15. The third kappa shape index (κ3) is 3.06. The highest BCUT2D eigenvalue weighted by atomic mass is 79.9. The van der Waals surface area contributed by atoms with Gasteiger partial charge in [-0.15, -0.1) is 11.3 Å². The van der Waals surface area contributed by atoms with Gasteiger partial charge < -0.3 is 4.90 Å². The van der Waals surface area contributed by atoms with Crippen LogP contribution in [-0.4, -0.2) is 12.0 Å². The molecule has 0 amide bonds. The molecule has 0 aliphatic rings. The van der Waals surface area contributed by atoms with Gasteiger partial charge in [0.15, 0.2) is 0 Å². The van der Waals surface area contributed by atoms with E-state index < -0.39 is 0 Å². The van der Waals surface area contributed by atoms with Gasteiger partial charge in [0, 0.05) is 32.4 Å². The molecule has 0 atom stereocenters. The van der Waals surface area contributed by atoms with Crippen molar-refractivity contribution in [3.05, 3.63) is 43.6 Å². The molecule has 0 saturated heterocycles. The summed E-state index contributed by atoms with van der Waals surface area (Å²) in [6.45, 7) is 0.880. The van der Waals surface area contributed by atoms with Crippen LogP contribution in [0.4, 0.5) is 5.82 Å². The molecule has 2 nitrogen and oxygen atoms in total. The summed E-state index contributed by atoms with van der Waals surface area (Å²) >= 11 is 8.59. The van der Waals surface area contributed by atoms with Gasteiger partial charge in [0.2, 0.25) is 0 Å². The fourth-order valence-electron chi connectivity index (χ4n) is 1.35. The van der Waals surface area contributed by atoms with Crippen LogP contribution in [0.2, 0.25) is 0 Å². The Hall–Kier alpha value is -0.390. The van der Waals surface area contributed by atoms with Gasteiger partial charge in [-0.1, -0.05) is 0 Å². The molecule has 0 saturated carbocycles. The second-order valence-electron chi connectivity index (χ2n) is 3.42. The second-order valence-corrected chi connectivity index (χ2v) is 6.25. The van der Waals surface area contributed by atoms with Gasteiger partial charge in [-0.25, -0.2) is 4.98 Å². The average Bonchev–Trinajstić information content (AvgIpc) is 2.65. The molecule has 0 aliphatic carbocycles. The van der Waals surface area contributed by atoms with Crippen LogP contribution in [0.3, 0.4) is 0 Å². The Morgan fingerprint density at radius 2 is 2.12 bits per heavy atom. The Morgan fingerprint density at radius 1 is 1.31 bits per heavy atom. The molecule has 84 valence electrons. The number of hydrogen-bond donors (Lipinski definition) is 0. The van der Waals surface area contributed by atoms with Crippen LogP contribution >= 0.6 is 43.2 Å². The maximum Gasteiger partial charge on any atom is 0.128 e. The second kappa shape index (κ2) is 5.29. The van der Waals surface area contributed by atoms with Crippen LogP contribution in [-0.2, 0) is 6.54 Å². The smallest absolute Gasteiger partial charge is 0.128 e. The Kier molecular flexibility index (Phi) is 4.00. The van der Waals surface area contributed by atoms with E-state index in [9.17, 15) is 0 Å². The van der Waals surface area contributed by atoms with Crippen molar-refractivity contribution in [2.45, 2.75) is 6.54 Å². The lowest BCUT2D eigenvalue weighted by Crippen LogP contribution is -2.16. The summed E-state index contributed by atoms with van der Waals surface area (Å²) in [5, 5.41) is 2.10. The predicted molar refractivity (Wildman–Crippen MR) is 76.1 cm³/mol. The van der Waals surface area contributed by atoms with E-state index in [0.717, 1.165) is 21.3 Å². The summed E-state index contributed by atoms with van der Waals surface area (Å²) in [6.07, 6.45) is 1.82. The first-order valence-electron chi connectivity index (χ1n) is 4.71. The molecular weight excluding hydrogens is 352 g/mol. The molecule has 0 radical (unpaired) electrons. The Labute approximate surface area is 116 Å². The predicted octanol–water partition coefficient (Wildman–Crippen LogP) is 4.30. The summed E-state index contributed by atoms with van der Waals surface area (Å²) < 4.78 is 2.15. The first-order chi connectivity index (χ1) is 7.65. The van der Waals surface area contributed by atoms with E-state index in [0.29, 0.717) is 0 Å².